The maximum absolute atomic E-state index is 5.61. The first-order valence-electron chi connectivity index (χ1n) is 11.6. The Morgan fingerprint density at radius 3 is 2.72 bits per heavy atom. The molecule has 7 nitrogen and oxygen atoms in total. The van der Waals surface area contributed by atoms with Crippen LogP contribution in [0.5, 0.6) is 0 Å². The lowest BCUT2D eigenvalue weighted by Crippen LogP contribution is -2.41. The number of rotatable bonds is 9. The minimum Gasteiger partial charge on any atom is -0.375 e. The molecule has 2 aromatic rings. The number of anilines is 1. The van der Waals surface area contributed by atoms with Gasteiger partial charge in [-0.15, -0.1) is 0 Å². The summed E-state index contributed by atoms with van der Waals surface area (Å²) in [6.45, 7) is 9.43. The van der Waals surface area contributed by atoms with Gasteiger partial charge in [0.25, 0.3) is 0 Å². The highest BCUT2D eigenvalue weighted by Gasteiger charge is 2.17. The zero-order valence-corrected chi connectivity index (χ0v) is 19.9. The van der Waals surface area contributed by atoms with Gasteiger partial charge in [-0.25, -0.2) is 4.98 Å². The molecular weight excluding hydrogens is 400 g/mol. The minimum absolute atomic E-state index is 0.252. The van der Waals surface area contributed by atoms with Gasteiger partial charge in [-0.2, -0.15) is 0 Å². The van der Waals surface area contributed by atoms with Crippen molar-refractivity contribution in [3.05, 3.63) is 59.8 Å². The van der Waals surface area contributed by atoms with Gasteiger partial charge in [0, 0.05) is 52.0 Å². The number of morpholine rings is 1. The van der Waals surface area contributed by atoms with Crippen LogP contribution in [-0.4, -0.2) is 68.3 Å². The van der Waals surface area contributed by atoms with Crippen molar-refractivity contribution in [1.29, 1.82) is 0 Å². The van der Waals surface area contributed by atoms with Crippen LogP contribution in [0.1, 0.15) is 31.4 Å². The molecule has 174 valence electrons. The fraction of sp³-hybridized carbons (Fsp3) is 0.520. The number of ether oxygens (including phenoxy) is 1. The van der Waals surface area contributed by atoms with Gasteiger partial charge in [-0.3, -0.25) is 9.89 Å². The second-order valence-electron chi connectivity index (χ2n) is 8.54. The molecule has 2 N–H and O–H groups in total. The number of nitrogens with one attached hydrogen (secondary N) is 2. The van der Waals surface area contributed by atoms with Crippen molar-refractivity contribution in [1.82, 2.24) is 20.5 Å². The minimum atomic E-state index is 0.252. The van der Waals surface area contributed by atoms with E-state index in [4.69, 9.17) is 4.74 Å². The fourth-order valence-corrected chi connectivity index (χ4v) is 3.79. The van der Waals surface area contributed by atoms with Crippen LogP contribution >= 0.6 is 0 Å². The summed E-state index contributed by atoms with van der Waals surface area (Å²) in [4.78, 5) is 13.7. The number of hydrogen-bond donors (Lipinski definition) is 2. The standard InChI is InChI=1S/C25H38N6O/c1-20(30(4)19-22-8-6-5-7-9-22)12-13-27-25(26-3)29-17-23-10-11-24(28-16-23)31-14-15-32-21(2)18-31/h5-11,16,20-21H,12-15,17-19H2,1-4H3,(H2,26,27,29). The van der Waals surface area contributed by atoms with Crippen LogP contribution in [-0.2, 0) is 17.8 Å². The Morgan fingerprint density at radius 2 is 2.03 bits per heavy atom. The molecule has 0 bridgehead atoms. The Balaban J connectivity index is 1.38. The van der Waals surface area contributed by atoms with Crippen LogP contribution in [0.3, 0.4) is 0 Å². The SMILES string of the molecule is CN=C(NCCC(C)N(C)Cc1ccccc1)NCc1ccc(N2CCOC(C)C2)nc1. The van der Waals surface area contributed by atoms with Gasteiger partial charge in [0.05, 0.1) is 12.7 Å². The van der Waals surface area contributed by atoms with Gasteiger partial charge < -0.3 is 20.3 Å². The Morgan fingerprint density at radius 1 is 1.22 bits per heavy atom. The van der Waals surface area contributed by atoms with Gasteiger partial charge >= 0.3 is 0 Å². The van der Waals surface area contributed by atoms with E-state index in [1.807, 2.05) is 6.20 Å². The van der Waals surface area contributed by atoms with E-state index < -0.39 is 0 Å². The van der Waals surface area contributed by atoms with Crippen molar-refractivity contribution >= 4 is 11.8 Å². The van der Waals surface area contributed by atoms with Gasteiger partial charge in [-0.05, 0) is 44.5 Å². The number of nitrogens with zero attached hydrogens (tertiary/aromatic N) is 4. The number of guanidine groups is 1. The summed E-state index contributed by atoms with van der Waals surface area (Å²) in [6.07, 6.45) is 3.23. The van der Waals surface area contributed by atoms with Crippen LogP contribution < -0.4 is 15.5 Å². The van der Waals surface area contributed by atoms with E-state index in [-0.39, 0.29) is 6.10 Å². The normalized spacial score (nSPS) is 18.0. The molecule has 2 unspecified atom stereocenters. The molecule has 0 spiro atoms. The van der Waals surface area contributed by atoms with Crippen LogP contribution in [0.15, 0.2) is 53.7 Å². The Hall–Kier alpha value is -2.64. The quantitative estimate of drug-likeness (QED) is 0.464. The third kappa shape index (κ3) is 7.50. The molecule has 1 aliphatic rings. The van der Waals surface area contributed by atoms with E-state index in [0.29, 0.717) is 12.6 Å². The Kier molecular flexibility index (Phi) is 9.31. The summed E-state index contributed by atoms with van der Waals surface area (Å²) in [7, 11) is 3.99. The van der Waals surface area contributed by atoms with Crippen molar-refractivity contribution in [2.45, 2.75) is 45.5 Å². The zero-order valence-electron chi connectivity index (χ0n) is 19.9. The van der Waals surface area contributed by atoms with Crippen molar-refractivity contribution in [2.24, 2.45) is 4.99 Å². The van der Waals surface area contributed by atoms with Crippen LogP contribution in [0, 0.1) is 0 Å². The highest BCUT2D eigenvalue weighted by molar-refractivity contribution is 5.79. The molecular formula is C25H38N6O. The number of aromatic nitrogens is 1. The average molecular weight is 439 g/mol. The van der Waals surface area contributed by atoms with Gasteiger partial charge in [0.15, 0.2) is 5.96 Å². The largest absolute Gasteiger partial charge is 0.375 e. The molecule has 32 heavy (non-hydrogen) atoms. The first-order valence-corrected chi connectivity index (χ1v) is 11.6. The third-order valence-electron chi connectivity index (χ3n) is 5.94. The zero-order chi connectivity index (χ0) is 22.8. The van der Waals surface area contributed by atoms with E-state index in [2.05, 4.69) is 93.8 Å². The molecule has 0 radical (unpaired) electrons. The number of hydrogen-bond acceptors (Lipinski definition) is 5. The van der Waals surface area contributed by atoms with Crippen molar-refractivity contribution < 1.29 is 4.74 Å². The summed E-state index contributed by atoms with van der Waals surface area (Å²) in [5.41, 5.74) is 2.48. The Bertz CT molecular complexity index is 826. The molecule has 1 aliphatic heterocycles. The van der Waals surface area contributed by atoms with E-state index in [1.165, 1.54) is 5.56 Å². The summed E-state index contributed by atoms with van der Waals surface area (Å²) in [5.74, 6) is 1.83. The smallest absolute Gasteiger partial charge is 0.191 e. The second-order valence-corrected chi connectivity index (χ2v) is 8.54. The first kappa shape index (κ1) is 24.0. The lowest BCUT2D eigenvalue weighted by Gasteiger charge is -2.32. The molecule has 2 heterocycles. The second kappa shape index (κ2) is 12.4. The summed E-state index contributed by atoms with van der Waals surface area (Å²) in [5, 5.41) is 6.81. The van der Waals surface area contributed by atoms with E-state index in [1.54, 1.807) is 7.05 Å². The highest BCUT2D eigenvalue weighted by atomic mass is 16.5. The topological polar surface area (TPSA) is 65.0 Å². The predicted molar refractivity (Wildman–Crippen MR) is 132 cm³/mol. The number of benzene rings is 1. The maximum Gasteiger partial charge on any atom is 0.191 e. The molecule has 1 aromatic carbocycles. The van der Waals surface area contributed by atoms with Gasteiger partial charge in [0.2, 0.25) is 0 Å². The molecule has 0 aliphatic carbocycles. The van der Waals surface area contributed by atoms with E-state index in [0.717, 1.165) is 56.5 Å². The predicted octanol–water partition coefficient (Wildman–Crippen LogP) is 2.88. The maximum atomic E-state index is 5.61. The molecule has 1 fully saturated rings. The van der Waals surface area contributed by atoms with Crippen LogP contribution in [0.2, 0.25) is 0 Å². The lowest BCUT2D eigenvalue weighted by atomic mass is 10.1. The van der Waals surface area contributed by atoms with Crippen LogP contribution in [0.4, 0.5) is 5.82 Å². The van der Waals surface area contributed by atoms with E-state index >= 15 is 0 Å². The molecule has 2 atom stereocenters. The van der Waals surface area contributed by atoms with Crippen LogP contribution in [0.25, 0.3) is 0 Å². The van der Waals surface area contributed by atoms with Gasteiger partial charge in [0.1, 0.15) is 5.82 Å². The molecule has 3 rings (SSSR count). The number of aliphatic imine (C=N–C) groups is 1. The average Bonchev–Trinajstić information content (AvgIpc) is 2.82. The van der Waals surface area contributed by atoms with E-state index in [9.17, 15) is 0 Å². The third-order valence-corrected chi connectivity index (χ3v) is 5.94. The van der Waals surface area contributed by atoms with Crippen molar-refractivity contribution in [2.75, 3.05) is 45.2 Å². The van der Waals surface area contributed by atoms with Crippen molar-refractivity contribution in [3.8, 4) is 0 Å². The molecule has 0 saturated carbocycles. The summed E-state index contributed by atoms with van der Waals surface area (Å²) >= 11 is 0. The molecule has 0 amide bonds. The van der Waals surface area contributed by atoms with Gasteiger partial charge in [-0.1, -0.05) is 36.4 Å². The number of pyridine rings is 1. The monoisotopic (exact) mass is 438 g/mol. The summed E-state index contributed by atoms with van der Waals surface area (Å²) in [6, 6.07) is 15.3. The molecule has 1 saturated heterocycles. The fourth-order valence-electron chi connectivity index (χ4n) is 3.79. The highest BCUT2D eigenvalue weighted by Crippen LogP contribution is 2.15. The van der Waals surface area contributed by atoms with Crippen molar-refractivity contribution in [3.63, 3.8) is 0 Å². The molecule has 1 aromatic heterocycles. The first-order chi connectivity index (χ1) is 15.5. The lowest BCUT2D eigenvalue weighted by molar-refractivity contribution is 0.0529. The molecule has 7 heteroatoms. The summed E-state index contributed by atoms with van der Waals surface area (Å²) < 4.78 is 5.61. The Labute approximate surface area is 192 Å².